The lowest BCUT2D eigenvalue weighted by molar-refractivity contribution is 0.0953. The van der Waals surface area contributed by atoms with Crippen molar-refractivity contribution in [3.8, 4) is 0 Å². The van der Waals surface area contributed by atoms with Crippen molar-refractivity contribution in [3.05, 3.63) is 63.1 Å². The van der Waals surface area contributed by atoms with E-state index in [-0.39, 0.29) is 11.8 Å². The quantitative estimate of drug-likeness (QED) is 0.783. The summed E-state index contributed by atoms with van der Waals surface area (Å²) in [7, 11) is 0. The monoisotopic (exact) mass is 394 g/mol. The molecular formula is C17H16BrClN2O2. The fourth-order valence-corrected chi connectivity index (χ4v) is 2.48. The Morgan fingerprint density at radius 3 is 2.43 bits per heavy atom. The average Bonchev–Trinajstić information content (AvgIpc) is 2.55. The van der Waals surface area contributed by atoms with Gasteiger partial charge in [-0.05, 0) is 48.9 Å². The van der Waals surface area contributed by atoms with E-state index in [1.165, 1.54) is 0 Å². The van der Waals surface area contributed by atoms with Crippen molar-refractivity contribution in [2.75, 3.05) is 11.9 Å². The lowest BCUT2D eigenvalue weighted by atomic mass is 10.1. The second kappa shape index (κ2) is 8.13. The zero-order valence-electron chi connectivity index (χ0n) is 12.5. The number of benzene rings is 2. The highest BCUT2D eigenvalue weighted by molar-refractivity contribution is 9.10. The lowest BCUT2D eigenvalue weighted by Crippen LogP contribution is -2.23. The summed E-state index contributed by atoms with van der Waals surface area (Å²) >= 11 is 9.35. The molecule has 0 spiro atoms. The molecule has 0 aliphatic rings. The molecule has 2 amide bonds. The minimum atomic E-state index is -0.306. The Morgan fingerprint density at radius 2 is 1.78 bits per heavy atom. The molecule has 0 saturated heterocycles. The zero-order valence-corrected chi connectivity index (χ0v) is 14.9. The van der Waals surface area contributed by atoms with E-state index < -0.39 is 0 Å². The zero-order chi connectivity index (χ0) is 16.8. The van der Waals surface area contributed by atoms with E-state index in [1.807, 2.05) is 6.92 Å². The molecular weight excluding hydrogens is 380 g/mol. The predicted molar refractivity (Wildman–Crippen MR) is 96.2 cm³/mol. The van der Waals surface area contributed by atoms with Gasteiger partial charge in [-0.1, -0.05) is 34.5 Å². The molecule has 0 atom stereocenters. The van der Waals surface area contributed by atoms with Crippen LogP contribution in [0.25, 0.3) is 0 Å². The second-order valence-electron chi connectivity index (χ2n) is 4.91. The predicted octanol–water partition coefficient (Wildman–Crippen LogP) is 4.49. The normalized spacial score (nSPS) is 10.2. The van der Waals surface area contributed by atoms with Gasteiger partial charge >= 0.3 is 0 Å². The number of halogens is 2. The molecule has 0 aliphatic carbocycles. The standard InChI is InChI=1S/C17H16BrClN2O2/c1-2-9-20-16(22)11-3-6-13(7-4-11)21-17(23)14-10-12(18)5-8-15(14)19/h3-8,10H,2,9H2,1H3,(H,20,22)(H,21,23). The number of amides is 2. The first-order valence-electron chi connectivity index (χ1n) is 7.16. The van der Waals surface area contributed by atoms with Gasteiger partial charge in [0, 0.05) is 22.3 Å². The van der Waals surface area contributed by atoms with Crippen molar-refractivity contribution in [3.63, 3.8) is 0 Å². The van der Waals surface area contributed by atoms with Gasteiger partial charge in [0.1, 0.15) is 0 Å². The van der Waals surface area contributed by atoms with Crippen LogP contribution in [0.2, 0.25) is 5.02 Å². The first-order valence-corrected chi connectivity index (χ1v) is 8.33. The Kier molecular flexibility index (Phi) is 6.19. The molecule has 0 heterocycles. The van der Waals surface area contributed by atoms with Crippen LogP contribution >= 0.6 is 27.5 Å². The summed E-state index contributed by atoms with van der Waals surface area (Å²) in [5.41, 5.74) is 1.53. The van der Waals surface area contributed by atoms with E-state index in [9.17, 15) is 9.59 Å². The summed E-state index contributed by atoms with van der Waals surface area (Å²) in [4.78, 5) is 24.1. The fourth-order valence-electron chi connectivity index (χ4n) is 1.92. The maximum absolute atomic E-state index is 12.3. The van der Waals surface area contributed by atoms with Crippen LogP contribution in [0, 0.1) is 0 Å². The van der Waals surface area contributed by atoms with Crippen LogP contribution in [0.1, 0.15) is 34.1 Å². The SMILES string of the molecule is CCCNC(=O)c1ccc(NC(=O)c2cc(Br)ccc2Cl)cc1. The van der Waals surface area contributed by atoms with Gasteiger partial charge in [0.2, 0.25) is 0 Å². The Morgan fingerprint density at radius 1 is 1.09 bits per heavy atom. The minimum absolute atomic E-state index is 0.125. The maximum atomic E-state index is 12.3. The van der Waals surface area contributed by atoms with Crippen molar-refractivity contribution < 1.29 is 9.59 Å². The number of hydrogen-bond acceptors (Lipinski definition) is 2. The molecule has 0 bridgehead atoms. The topological polar surface area (TPSA) is 58.2 Å². The molecule has 2 N–H and O–H groups in total. The third-order valence-corrected chi connectivity index (χ3v) is 3.94. The van der Waals surface area contributed by atoms with Crippen LogP contribution in [0.4, 0.5) is 5.69 Å². The fraction of sp³-hybridized carbons (Fsp3) is 0.176. The van der Waals surface area contributed by atoms with Crippen molar-refractivity contribution in [1.29, 1.82) is 0 Å². The molecule has 0 aliphatic heterocycles. The summed E-state index contributed by atoms with van der Waals surface area (Å²) in [6, 6.07) is 11.8. The average molecular weight is 396 g/mol. The minimum Gasteiger partial charge on any atom is -0.352 e. The second-order valence-corrected chi connectivity index (χ2v) is 6.23. The van der Waals surface area contributed by atoms with Crippen LogP contribution in [0.15, 0.2) is 46.9 Å². The summed E-state index contributed by atoms with van der Waals surface area (Å²) in [6.45, 7) is 2.63. The highest BCUT2D eigenvalue weighted by Crippen LogP contribution is 2.22. The Hall–Kier alpha value is -1.85. The summed E-state index contributed by atoms with van der Waals surface area (Å²) in [5, 5.41) is 5.94. The number of nitrogens with one attached hydrogen (secondary N) is 2. The number of anilines is 1. The van der Waals surface area contributed by atoms with Crippen LogP contribution in [0.5, 0.6) is 0 Å². The highest BCUT2D eigenvalue weighted by atomic mass is 79.9. The van der Waals surface area contributed by atoms with Crippen molar-refractivity contribution in [1.82, 2.24) is 5.32 Å². The molecule has 2 aromatic carbocycles. The molecule has 2 rings (SSSR count). The van der Waals surface area contributed by atoms with Gasteiger partial charge in [0.25, 0.3) is 11.8 Å². The van der Waals surface area contributed by atoms with Gasteiger partial charge in [-0.15, -0.1) is 0 Å². The van der Waals surface area contributed by atoms with Crippen molar-refractivity contribution >= 4 is 45.0 Å². The van der Waals surface area contributed by atoms with Crippen LogP contribution in [-0.4, -0.2) is 18.4 Å². The summed E-state index contributed by atoms with van der Waals surface area (Å²) in [5.74, 6) is -0.431. The van der Waals surface area contributed by atoms with Gasteiger partial charge in [-0.2, -0.15) is 0 Å². The Balaban J connectivity index is 2.07. The molecule has 0 fully saturated rings. The van der Waals surface area contributed by atoms with Gasteiger partial charge < -0.3 is 10.6 Å². The highest BCUT2D eigenvalue weighted by Gasteiger charge is 2.12. The van der Waals surface area contributed by atoms with E-state index in [0.717, 1.165) is 10.9 Å². The van der Waals surface area contributed by atoms with E-state index in [1.54, 1.807) is 42.5 Å². The Bertz CT molecular complexity index is 717. The molecule has 120 valence electrons. The molecule has 6 heteroatoms. The summed E-state index contributed by atoms with van der Waals surface area (Å²) < 4.78 is 0.773. The molecule has 0 radical (unpaired) electrons. The van der Waals surface area contributed by atoms with E-state index >= 15 is 0 Å². The smallest absolute Gasteiger partial charge is 0.257 e. The summed E-state index contributed by atoms with van der Waals surface area (Å²) in [6.07, 6.45) is 0.882. The van der Waals surface area contributed by atoms with Crippen molar-refractivity contribution in [2.24, 2.45) is 0 Å². The van der Waals surface area contributed by atoms with Gasteiger partial charge in [-0.25, -0.2) is 0 Å². The molecule has 0 unspecified atom stereocenters. The molecule has 4 nitrogen and oxygen atoms in total. The van der Waals surface area contributed by atoms with Crippen LogP contribution in [-0.2, 0) is 0 Å². The maximum Gasteiger partial charge on any atom is 0.257 e. The van der Waals surface area contributed by atoms with E-state index in [0.29, 0.717) is 28.4 Å². The van der Waals surface area contributed by atoms with Crippen molar-refractivity contribution in [2.45, 2.75) is 13.3 Å². The van der Waals surface area contributed by atoms with E-state index in [2.05, 4.69) is 26.6 Å². The van der Waals surface area contributed by atoms with E-state index in [4.69, 9.17) is 11.6 Å². The number of carbonyl (C=O) groups is 2. The third-order valence-electron chi connectivity index (χ3n) is 3.11. The third kappa shape index (κ3) is 4.81. The van der Waals surface area contributed by atoms with Crippen LogP contribution in [0.3, 0.4) is 0 Å². The number of carbonyl (C=O) groups excluding carboxylic acids is 2. The molecule has 0 aromatic heterocycles. The van der Waals surface area contributed by atoms with Gasteiger partial charge in [0.15, 0.2) is 0 Å². The Labute approximate surface area is 148 Å². The first-order chi connectivity index (χ1) is 11.0. The molecule has 2 aromatic rings. The van der Waals surface area contributed by atoms with Gasteiger partial charge in [0.05, 0.1) is 10.6 Å². The molecule has 0 saturated carbocycles. The number of rotatable bonds is 5. The largest absolute Gasteiger partial charge is 0.352 e. The number of hydrogen-bond donors (Lipinski definition) is 2. The molecule has 23 heavy (non-hydrogen) atoms. The lowest BCUT2D eigenvalue weighted by Gasteiger charge is -2.08. The van der Waals surface area contributed by atoms with Crippen LogP contribution < -0.4 is 10.6 Å². The first kappa shape index (κ1) is 17.5. The van der Waals surface area contributed by atoms with Gasteiger partial charge in [-0.3, -0.25) is 9.59 Å².